The van der Waals surface area contributed by atoms with Crippen molar-refractivity contribution in [3.63, 3.8) is 0 Å². The molecule has 234 valence electrons. The quantitative estimate of drug-likeness (QED) is 0.177. The number of hydrogen-bond donors (Lipinski definition) is 3. The molecule has 2 unspecified atom stereocenters. The van der Waals surface area contributed by atoms with E-state index in [0.29, 0.717) is 24.8 Å². The highest BCUT2D eigenvalue weighted by atomic mass is 16.5. The number of nitrogens with zero attached hydrogens (tertiary/aromatic N) is 2. The van der Waals surface area contributed by atoms with Gasteiger partial charge in [0.25, 0.3) is 0 Å². The number of nitrogens with one attached hydrogen (secondary N) is 3. The molecule has 0 saturated carbocycles. The number of hydrogen-bond acceptors (Lipinski definition) is 5. The van der Waals surface area contributed by atoms with Gasteiger partial charge in [0, 0.05) is 31.2 Å². The van der Waals surface area contributed by atoms with E-state index in [-0.39, 0.29) is 18.7 Å². The second-order valence-corrected chi connectivity index (χ2v) is 11.2. The lowest BCUT2D eigenvalue weighted by atomic mass is 10.0. The fourth-order valence-corrected chi connectivity index (χ4v) is 4.27. The Hall–Kier alpha value is -3.91. The van der Waals surface area contributed by atoms with Crippen LogP contribution in [0.15, 0.2) is 66.9 Å². The van der Waals surface area contributed by atoms with Crippen LogP contribution in [0.3, 0.4) is 0 Å². The summed E-state index contributed by atoms with van der Waals surface area (Å²) in [7, 11) is 1.72. The van der Waals surface area contributed by atoms with Crippen molar-refractivity contribution in [1.29, 1.82) is 0 Å². The van der Waals surface area contributed by atoms with E-state index in [1.807, 2.05) is 50.2 Å². The second kappa shape index (κ2) is 18.6. The van der Waals surface area contributed by atoms with Crippen molar-refractivity contribution in [3.05, 3.63) is 83.6 Å². The molecule has 0 aliphatic carbocycles. The summed E-state index contributed by atoms with van der Waals surface area (Å²) in [6.07, 6.45) is 4.91. The fourth-order valence-electron chi connectivity index (χ4n) is 4.27. The van der Waals surface area contributed by atoms with Crippen LogP contribution in [0, 0.1) is 13.8 Å². The third-order valence-corrected chi connectivity index (χ3v) is 7.54. The average Bonchev–Trinajstić information content (AvgIpc) is 3.00. The van der Waals surface area contributed by atoms with Crippen LogP contribution in [-0.4, -0.2) is 54.3 Å². The molecule has 43 heavy (non-hydrogen) atoms. The van der Waals surface area contributed by atoms with Gasteiger partial charge in [-0.05, 0) is 88.1 Å². The first-order valence-corrected chi connectivity index (χ1v) is 15.3. The molecule has 2 atom stereocenters. The fraction of sp³-hybridized carbons (Fsp3) is 0.457. The predicted molar refractivity (Wildman–Crippen MR) is 179 cm³/mol. The molecule has 0 saturated heterocycles. The van der Waals surface area contributed by atoms with Crippen molar-refractivity contribution in [3.8, 4) is 0 Å². The number of aromatic nitrogens is 1. The predicted octanol–water partition coefficient (Wildman–Crippen LogP) is 7.75. The van der Waals surface area contributed by atoms with E-state index in [1.54, 1.807) is 24.2 Å². The lowest BCUT2D eigenvalue weighted by Crippen LogP contribution is -2.46. The number of pyridine rings is 1. The Kier molecular flexibility index (Phi) is 15.3. The van der Waals surface area contributed by atoms with Crippen LogP contribution in [-0.2, 0) is 11.3 Å². The Morgan fingerprint density at radius 2 is 1.79 bits per heavy atom. The van der Waals surface area contributed by atoms with Gasteiger partial charge in [0.05, 0.1) is 6.04 Å². The summed E-state index contributed by atoms with van der Waals surface area (Å²) in [6, 6.07) is 15.8. The molecule has 0 spiro atoms. The number of ether oxygens (including phenoxy) is 1. The van der Waals surface area contributed by atoms with Gasteiger partial charge in [0.2, 0.25) is 0 Å². The topological polar surface area (TPSA) is 95.6 Å². The number of allylic oxidation sites excluding steroid dienone is 1. The Morgan fingerprint density at radius 3 is 2.47 bits per heavy atom. The molecular weight excluding hydrogens is 538 g/mol. The maximum absolute atomic E-state index is 12.9. The lowest BCUT2D eigenvalue weighted by molar-refractivity contribution is 0.114. The number of rotatable bonds is 13. The first-order valence-electron chi connectivity index (χ1n) is 15.3. The van der Waals surface area contributed by atoms with Gasteiger partial charge in [-0.15, -0.1) is 6.58 Å². The molecular formula is C35H51N5O3. The summed E-state index contributed by atoms with van der Waals surface area (Å²) in [5.41, 5.74) is 4.43. The molecule has 3 amide bonds. The Morgan fingerprint density at radius 1 is 1.07 bits per heavy atom. The first-order chi connectivity index (χ1) is 20.5. The van der Waals surface area contributed by atoms with Crippen LogP contribution in [0.2, 0.25) is 0 Å². The Labute approximate surface area is 258 Å². The lowest BCUT2D eigenvalue weighted by Gasteiger charge is -2.28. The van der Waals surface area contributed by atoms with Gasteiger partial charge in [0.15, 0.2) is 0 Å². The molecule has 3 N–H and O–H groups in total. The molecule has 0 bridgehead atoms. The number of benzene rings is 2. The maximum atomic E-state index is 12.9. The summed E-state index contributed by atoms with van der Waals surface area (Å²) in [4.78, 5) is 31.2. The SMILES string of the molecule is C=C(C)CCC(COC(=O)Nc1cc2ccccc2cn1)N(C)C(=O)NCc1cccc(C)c1C.CCCNC(C)CC. The standard InChI is InChI=1S/C28H34N4O3.C7H17N/c1-19(2)13-14-25(32(5)27(33)30-16-23-12-8-9-20(3)21(23)4)18-35-28(34)31-26-15-22-10-6-7-11-24(22)17-29-26;1-4-6-8-7(3)5-2/h6-12,15,17,25H,1,13-14,16,18H2,2-5H3,(H,30,33)(H,29,31,34);7-8H,4-6H2,1-3H3. The number of anilines is 1. The van der Waals surface area contributed by atoms with Crippen molar-refractivity contribution in [2.45, 2.75) is 85.9 Å². The minimum Gasteiger partial charge on any atom is -0.447 e. The van der Waals surface area contributed by atoms with E-state index < -0.39 is 6.09 Å². The number of likely N-dealkylation sites (N-methyl/N-ethyl adjacent to an activating group) is 1. The van der Waals surface area contributed by atoms with E-state index in [0.717, 1.165) is 40.4 Å². The van der Waals surface area contributed by atoms with Crippen molar-refractivity contribution < 1.29 is 14.3 Å². The normalized spacial score (nSPS) is 12.0. The van der Waals surface area contributed by atoms with Crippen LogP contribution >= 0.6 is 0 Å². The largest absolute Gasteiger partial charge is 0.447 e. The van der Waals surface area contributed by atoms with Gasteiger partial charge in [-0.2, -0.15) is 0 Å². The van der Waals surface area contributed by atoms with Crippen LogP contribution in [0.25, 0.3) is 10.8 Å². The molecule has 2 aromatic carbocycles. The molecule has 8 nitrogen and oxygen atoms in total. The van der Waals surface area contributed by atoms with Crippen LogP contribution < -0.4 is 16.0 Å². The van der Waals surface area contributed by atoms with E-state index in [4.69, 9.17) is 4.74 Å². The summed E-state index contributed by atoms with van der Waals surface area (Å²) in [6.45, 7) is 18.3. The van der Waals surface area contributed by atoms with Gasteiger partial charge < -0.3 is 20.3 Å². The maximum Gasteiger partial charge on any atom is 0.412 e. The van der Waals surface area contributed by atoms with E-state index in [2.05, 4.69) is 61.3 Å². The summed E-state index contributed by atoms with van der Waals surface area (Å²) in [5.74, 6) is 0.409. The molecule has 1 aromatic heterocycles. The Balaban J connectivity index is 0.000000708. The van der Waals surface area contributed by atoms with Crippen molar-refractivity contribution in [2.24, 2.45) is 0 Å². The molecule has 3 aromatic rings. The summed E-state index contributed by atoms with van der Waals surface area (Å²) < 4.78 is 5.48. The number of carbonyl (C=O) groups is 2. The molecule has 0 aliphatic heterocycles. The number of fused-ring (bicyclic) bond motifs is 1. The molecule has 0 fully saturated rings. The first kappa shape index (κ1) is 35.3. The van der Waals surface area contributed by atoms with Crippen LogP contribution in [0.1, 0.15) is 70.1 Å². The minimum absolute atomic E-state index is 0.0556. The van der Waals surface area contributed by atoms with Gasteiger partial charge >= 0.3 is 12.1 Å². The zero-order valence-corrected chi connectivity index (χ0v) is 27.1. The summed E-state index contributed by atoms with van der Waals surface area (Å²) in [5, 5.41) is 11.0. The molecule has 1 heterocycles. The monoisotopic (exact) mass is 589 g/mol. The number of amides is 3. The molecule has 0 radical (unpaired) electrons. The Bertz CT molecular complexity index is 1330. The molecule has 8 heteroatoms. The van der Waals surface area contributed by atoms with Crippen molar-refractivity contribution >= 4 is 28.7 Å². The van der Waals surface area contributed by atoms with E-state index in [1.165, 1.54) is 18.4 Å². The number of carbonyl (C=O) groups excluding carboxylic acids is 2. The third-order valence-electron chi connectivity index (χ3n) is 7.54. The zero-order valence-electron chi connectivity index (χ0n) is 27.1. The van der Waals surface area contributed by atoms with Gasteiger partial charge in [0.1, 0.15) is 12.4 Å². The molecule has 3 rings (SSSR count). The van der Waals surface area contributed by atoms with Crippen molar-refractivity contribution in [2.75, 3.05) is 25.5 Å². The number of aryl methyl sites for hydroxylation is 1. The van der Waals surface area contributed by atoms with Crippen LogP contribution in [0.4, 0.5) is 15.4 Å². The smallest absolute Gasteiger partial charge is 0.412 e. The third kappa shape index (κ3) is 12.5. The number of urea groups is 1. The van der Waals surface area contributed by atoms with Gasteiger partial charge in [-0.1, -0.05) is 61.9 Å². The van der Waals surface area contributed by atoms with Crippen LogP contribution in [0.5, 0.6) is 0 Å². The van der Waals surface area contributed by atoms with Gasteiger partial charge in [-0.3, -0.25) is 5.32 Å². The van der Waals surface area contributed by atoms with E-state index >= 15 is 0 Å². The zero-order chi connectivity index (χ0) is 31.8. The van der Waals surface area contributed by atoms with E-state index in [9.17, 15) is 9.59 Å². The second-order valence-electron chi connectivity index (χ2n) is 11.2. The highest BCUT2D eigenvalue weighted by molar-refractivity contribution is 5.89. The average molecular weight is 590 g/mol. The highest BCUT2D eigenvalue weighted by Crippen LogP contribution is 2.17. The van der Waals surface area contributed by atoms with Gasteiger partial charge in [-0.25, -0.2) is 14.6 Å². The highest BCUT2D eigenvalue weighted by Gasteiger charge is 2.22. The van der Waals surface area contributed by atoms with Crippen molar-refractivity contribution in [1.82, 2.24) is 20.5 Å². The minimum atomic E-state index is -0.614. The summed E-state index contributed by atoms with van der Waals surface area (Å²) >= 11 is 0. The molecule has 0 aliphatic rings.